The van der Waals surface area contributed by atoms with Gasteiger partial charge in [0, 0.05) is 18.3 Å². The molecule has 0 saturated heterocycles. The highest BCUT2D eigenvalue weighted by Gasteiger charge is 2.30. The normalized spacial score (nSPS) is 18.9. The average Bonchev–Trinajstić information content (AvgIpc) is 2.98. The molecule has 1 aliphatic carbocycles. The molecule has 0 radical (unpaired) electrons. The van der Waals surface area contributed by atoms with E-state index in [0.29, 0.717) is 0 Å². The van der Waals surface area contributed by atoms with Crippen molar-refractivity contribution in [3.63, 3.8) is 0 Å². The molecule has 0 unspecified atom stereocenters. The predicted molar refractivity (Wildman–Crippen MR) is 91.6 cm³/mol. The maximum Gasteiger partial charge on any atom is 0.407 e. The summed E-state index contributed by atoms with van der Waals surface area (Å²) in [5.74, 6) is -0.434. The molecular weight excluding hydrogens is 322 g/mol. The SMILES string of the molecule is NC(=O)Cn1cc(NC2CC(NC(=O)OCc3ccccc3)C2)cn1. The van der Waals surface area contributed by atoms with E-state index in [-0.39, 0.29) is 25.2 Å². The van der Waals surface area contributed by atoms with Crippen molar-refractivity contribution in [2.75, 3.05) is 5.32 Å². The smallest absolute Gasteiger partial charge is 0.407 e. The Hall–Kier alpha value is -3.03. The number of alkyl carbamates (subject to hydrolysis) is 1. The Kier molecular flexibility index (Phi) is 5.17. The van der Waals surface area contributed by atoms with Crippen LogP contribution in [0.25, 0.3) is 0 Å². The second-order valence-electron chi connectivity index (χ2n) is 6.11. The van der Waals surface area contributed by atoms with E-state index in [9.17, 15) is 9.59 Å². The number of nitrogens with one attached hydrogen (secondary N) is 2. The van der Waals surface area contributed by atoms with Gasteiger partial charge in [0.05, 0.1) is 11.9 Å². The first-order valence-corrected chi connectivity index (χ1v) is 8.13. The van der Waals surface area contributed by atoms with Gasteiger partial charge < -0.3 is 21.1 Å². The van der Waals surface area contributed by atoms with E-state index in [1.54, 1.807) is 12.4 Å². The van der Waals surface area contributed by atoms with Gasteiger partial charge in [-0.05, 0) is 18.4 Å². The Morgan fingerprint density at radius 1 is 1.24 bits per heavy atom. The van der Waals surface area contributed by atoms with E-state index in [0.717, 1.165) is 24.1 Å². The van der Waals surface area contributed by atoms with Crippen LogP contribution in [0.3, 0.4) is 0 Å². The van der Waals surface area contributed by atoms with Gasteiger partial charge in [-0.25, -0.2) is 4.79 Å². The van der Waals surface area contributed by atoms with Crippen molar-refractivity contribution in [1.82, 2.24) is 15.1 Å². The maximum absolute atomic E-state index is 11.8. The summed E-state index contributed by atoms with van der Waals surface area (Å²) < 4.78 is 6.69. The zero-order chi connectivity index (χ0) is 17.6. The lowest BCUT2D eigenvalue weighted by Gasteiger charge is -2.36. The summed E-state index contributed by atoms with van der Waals surface area (Å²) in [5.41, 5.74) is 6.91. The summed E-state index contributed by atoms with van der Waals surface area (Å²) in [5, 5.41) is 10.2. The zero-order valence-electron chi connectivity index (χ0n) is 13.7. The van der Waals surface area contributed by atoms with Gasteiger partial charge in [0.2, 0.25) is 5.91 Å². The van der Waals surface area contributed by atoms with Gasteiger partial charge in [0.25, 0.3) is 0 Å². The number of nitrogens with zero attached hydrogens (tertiary/aromatic N) is 2. The van der Waals surface area contributed by atoms with E-state index in [1.807, 2.05) is 30.3 Å². The molecule has 8 heteroatoms. The van der Waals surface area contributed by atoms with Crippen LogP contribution in [-0.4, -0.2) is 33.9 Å². The van der Waals surface area contributed by atoms with Crippen molar-refractivity contribution in [2.45, 2.75) is 38.1 Å². The second-order valence-corrected chi connectivity index (χ2v) is 6.11. The number of hydrogen-bond donors (Lipinski definition) is 3. The Morgan fingerprint density at radius 3 is 2.72 bits per heavy atom. The summed E-state index contributed by atoms with van der Waals surface area (Å²) in [4.78, 5) is 22.6. The summed E-state index contributed by atoms with van der Waals surface area (Å²) in [7, 11) is 0. The van der Waals surface area contributed by atoms with Gasteiger partial charge >= 0.3 is 6.09 Å². The third kappa shape index (κ3) is 4.97. The minimum Gasteiger partial charge on any atom is -0.445 e. The van der Waals surface area contributed by atoms with Crippen molar-refractivity contribution < 1.29 is 14.3 Å². The van der Waals surface area contributed by atoms with Crippen LogP contribution in [0.15, 0.2) is 42.7 Å². The third-order valence-electron chi connectivity index (χ3n) is 3.99. The quantitative estimate of drug-likeness (QED) is 0.700. The van der Waals surface area contributed by atoms with Crippen molar-refractivity contribution in [3.05, 3.63) is 48.3 Å². The number of amides is 2. The number of ether oxygens (including phenoxy) is 1. The first-order chi connectivity index (χ1) is 12.1. The molecule has 2 amide bonds. The van der Waals surface area contributed by atoms with Gasteiger partial charge in [-0.2, -0.15) is 5.10 Å². The molecule has 1 fully saturated rings. The number of aromatic nitrogens is 2. The van der Waals surface area contributed by atoms with E-state index < -0.39 is 12.0 Å². The molecule has 8 nitrogen and oxygen atoms in total. The molecule has 1 heterocycles. The molecule has 4 N–H and O–H groups in total. The van der Waals surface area contributed by atoms with Crippen LogP contribution in [0.1, 0.15) is 18.4 Å². The van der Waals surface area contributed by atoms with E-state index in [4.69, 9.17) is 10.5 Å². The fourth-order valence-electron chi connectivity index (χ4n) is 2.70. The summed E-state index contributed by atoms with van der Waals surface area (Å²) in [6.07, 6.45) is 4.60. The lowest BCUT2D eigenvalue weighted by atomic mass is 9.87. The van der Waals surface area contributed by atoms with Crippen molar-refractivity contribution in [3.8, 4) is 0 Å². The van der Waals surface area contributed by atoms with Gasteiger partial charge in [-0.1, -0.05) is 30.3 Å². The second kappa shape index (κ2) is 7.69. The maximum atomic E-state index is 11.8. The van der Waals surface area contributed by atoms with E-state index in [2.05, 4.69) is 15.7 Å². The lowest BCUT2D eigenvalue weighted by Crippen LogP contribution is -2.49. The molecule has 132 valence electrons. The summed E-state index contributed by atoms with van der Waals surface area (Å²) >= 11 is 0. The van der Waals surface area contributed by atoms with Crippen molar-refractivity contribution in [1.29, 1.82) is 0 Å². The number of anilines is 1. The molecule has 0 aliphatic heterocycles. The van der Waals surface area contributed by atoms with E-state index in [1.165, 1.54) is 4.68 Å². The molecule has 25 heavy (non-hydrogen) atoms. The van der Waals surface area contributed by atoms with Crippen LogP contribution >= 0.6 is 0 Å². The van der Waals surface area contributed by atoms with Gasteiger partial charge in [-0.15, -0.1) is 0 Å². The van der Waals surface area contributed by atoms with Crippen LogP contribution < -0.4 is 16.4 Å². The highest BCUT2D eigenvalue weighted by Crippen LogP contribution is 2.24. The van der Waals surface area contributed by atoms with Crippen LogP contribution in [-0.2, 0) is 22.7 Å². The monoisotopic (exact) mass is 343 g/mol. The first kappa shape index (κ1) is 16.8. The number of benzene rings is 1. The minimum absolute atomic E-state index is 0.0593. The number of carbonyl (C=O) groups is 2. The van der Waals surface area contributed by atoms with Gasteiger partial charge in [0.15, 0.2) is 0 Å². The van der Waals surface area contributed by atoms with Crippen LogP contribution in [0, 0.1) is 0 Å². The molecular formula is C17H21N5O3. The number of carbonyl (C=O) groups excluding carboxylic acids is 2. The standard InChI is InChI=1S/C17H21N5O3/c18-16(23)10-22-9-15(8-19-22)20-13-6-14(7-13)21-17(24)25-11-12-4-2-1-3-5-12/h1-5,8-9,13-14,20H,6-7,10-11H2,(H2,18,23)(H,21,24). The Bertz CT molecular complexity index is 725. The summed E-state index contributed by atoms with van der Waals surface area (Å²) in [6.45, 7) is 0.323. The van der Waals surface area contributed by atoms with Gasteiger partial charge in [-0.3, -0.25) is 9.48 Å². The highest BCUT2D eigenvalue weighted by atomic mass is 16.5. The topological polar surface area (TPSA) is 111 Å². The molecule has 0 bridgehead atoms. The van der Waals surface area contributed by atoms with E-state index >= 15 is 0 Å². The first-order valence-electron chi connectivity index (χ1n) is 8.13. The molecule has 3 rings (SSSR count). The predicted octanol–water partition coefficient (Wildman–Crippen LogP) is 1.24. The number of nitrogens with two attached hydrogens (primary N) is 1. The third-order valence-corrected chi connectivity index (χ3v) is 3.99. The fraction of sp³-hybridized carbons (Fsp3) is 0.353. The number of primary amides is 1. The fourth-order valence-corrected chi connectivity index (χ4v) is 2.70. The molecule has 0 spiro atoms. The Labute approximate surface area is 145 Å². The van der Waals surface area contributed by atoms with Crippen LogP contribution in [0.2, 0.25) is 0 Å². The zero-order valence-corrected chi connectivity index (χ0v) is 13.7. The molecule has 1 aromatic carbocycles. The molecule has 1 saturated carbocycles. The van der Waals surface area contributed by atoms with Crippen molar-refractivity contribution >= 4 is 17.7 Å². The minimum atomic E-state index is -0.434. The highest BCUT2D eigenvalue weighted by molar-refractivity contribution is 5.73. The van der Waals surface area contributed by atoms with Gasteiger partial charge in [0.1, 0.15) is 13.2 Å². The van der Waals surface area contributed by atoms with Crippen LogP contribution in [0.5, 0.6) is 0 Å². The molecule has 1 aromatic heterocycles. The number of rotatable bonds is 7. The summed E-state index contributed by atoms with van der Waals surface area (Å²) in [6, 6.07) is 9.91. The Balaban J connectivity index is 1.34. The van der Waals surface area contributed by atoms with Crippen LogP contribution in [0.4, 0.5) is 10.5 Å². The molecule has 2 aromatic rings. The average molecular weight is 343 g/mol. The number of hydrogen-bond acceptors (Lipinski definition) is 5. The lowest BCUT2D eigenvalue weighted by molar-refractivity contribution is -0.118. The molecule has 0 atom stereocenters. The largest absolute Gasteiger partial charge is 0.445 e. The Morgan fingerprint density at radius 2 is 2.00 bits per heavy atom. The van der Waals surface area contributed by atoms with Crippen molar-refractivity contribution in [2.24, 2.45) is 5.73 Å². The molecule has 1 aliphatic rings.